The first-order valence-electron chi connectivity index (χ1n) is 7.50. The molecule has 0 N–H and O–H groups in total. The van der Waals surface area contributed by atoms with Crippen molar-refractivity contribution in [1.82, 2.24) is 0 Å². The van der Waals surface area contributed by atoms with Gasteiger partial charge in [-0.3, -0.25) is 0 Å². The lowest BCUT2D eigenvalue weighted by molar-refractivity contribution is -0.138. The van der Waals surface area contributed by atoms with Crippen LogP contribution in [0.25, 0.3) is 0 Å². The highest BCUT2D eigenvalue weighted by molar-refractivity contribution is 5.06. The Morgan fingerprint density at radius 1 is 0.938 bits per heavy atom. The van der Waals surface area contributed by atoms with Crippen LogP contribution in [-0.2, 0) is 0 Å². The smallest absolute Gasteiger partial charge is 0.0243 e. The van der Waals surface area contributed by atoms with Gasteiger partial charge in [0.25, 0.3) is 0 Å². The van der Waals surface area contributed by atoms with Crippen LogP contribution < -0.4 is 0 Å². The predicted octanol–water partition coefficient (Wildman–Crippen LogP) is 5.28. The molecule has 0 heterocycles. The zero-order valence-corrected chi connectivity index (χ0v) is 12.0. The summed E-state index contributed by atoms with van der Waals surface area (Å²) < 4.78 is 0. The molecule has 3 aliphatic carbocycles. The molecule has 2 unspecified atom stereocenters. The molecular formula is C16H30. The average molecular weight is 222 g/mol. The van der Waals surface area contributed by atoms with Crippen molar-refractivity contribution < 1.29 is 0 Å². The molecule has 0 spiro atoms. The minimum Gasteiger partial charge on any atom is -0.0651 e. The summed E-state index contributed by atoms with van der Waals surface area (Å²) in [4.78, 5) is 0. The Morgan fingerprint density at radius 2 is 1.44 bits per heavy atom. The van der Waals surface area contributed by atoms with E-state index in [2.05, 4.69) is 34.6 Å². The Balaban J connectivity index is 2.35. The predicted molar refractivity (Wildman–Crippen MR) is 71.4 cm³/mol. The van der Waals surface area contributed by atoms with Crippen molar-refractivity contribution in [2.45, 2.75) is 73.1 Å². The third-order valence-corrected chi connectivity index (χ3v) is 6.47. The zero-order valence-electron chi connectivity index (χ0n) is 12.0. The minimum atomic E-state index is 0.687. The zero-order chi connectivity index (χ0) is 12.0. The van der Waals surface area contributed by atoms with Gasteiger partial charge in [-0.05, 0) is 54.3 Å². The van der Waals surface area contributed by atoms with E-state index in [4.69, 9.17) is 0 Å². The molecule has 2 bridgehead atoms. The third kappa shape index (κ3) is 1.48. The van der Waals surface area contributed by atoms with E-state index in [-0.39, 0.29) is 0 Å². The second-order valence-electron chi connectivity index (χ2n) is 7.07. The van der Waals surface area contributed by atoms with Crippen LogP contribution >= 0.6 is 0 Å². The van der Waals surface area contributed by atoms with Gasteiger partial charge in [0.2, 0.25) is 0 Å². The van der Waals surface area contributed by atoms with Crippen LogP contribution in [0.2, 0.25) is 0 Å². The fourth-order valence-corrected chi connectivity index (χ4v) is 5.39. The second kappa shape index (κ2) is 4.03. The van der Waals surface area contributed by atoms with E-state index in [1.165, 1.54) is 38.5 Å². The molecule has 0 radical (unpaired) electrons. The van der Waals surface area contributed by atoms with E-state index in [0.717, 1.165) is 17.8 Å². The van der Waals surface area contributed by atoms with E-state index in [0.29, 0.717) is 10.8 Å². The largest absolute Gasteiger partial charge is 0.0651 e. The maximum atomic E-state index is 2.58. The van der Waals surface area contributed by atoms with Crippen LogP contribution in [0.15, 0.2) is 0 Å². The fraction of sp³-hybridized carbons (Fsp3) is 1.00. The molecule has 0 heteroatoms. The van der Waals surface area contributed by atoms with Crippen molar-refractivity contribution in [3.8, 4) is 0 Å². The lowest BCUT2D eigenvalue weighted by atomic mass is 9.42. The van der Waals surface area contributed by atoms with Crippen LogP contribution in [0, 0.1) is 28.6 Å². The first-order valence-corrected chi connectivity index (χ1v) is 7.50. The Kier molecular flexibility index (Phi) is 3.14. The molecule has 3 aliphatic rings. The Bertz CT molecular complexity index is 243. The number of hydrogen-bond donors (Lipinski definition) is 0. The number of fused-ring (bicyclic) bond motifs is 3. The standard InChI is InChI=1S/C16H30/c1-6-13-14(7-2)16(12(3)4)10-8-15(13,5)9-11-16/h12-14H,6-11H2,1-5H3. The molecule has 2 atom stereocenters. The first kappa shape index (κ1) is 12.5. The maximum Gasteiger partial charge on any atom is -0.0243 e. The molecule has 0 aromatic rings. The number of rotatable bonds is 3. The maximum absolute atomic E-state index is 2.58. The molecule has 0 aliphatic heterocycles. The van der Waals surface area contributed by atoms with Crippen LogP contribution in [0.1, 0.15) is 73.1 Å². The van der Waals surface area contributed by atoms with Crippen molar-refractivity contribution >= 4 is 0 Å². The molecule has 16 heavy (non-hydrogen) atoms. The molecule has 0 nitrogen and oxygen atoms in total. The van der Waals surface area contributed by atoms with E-state index in [1.54, 1.807) is 0 Å². The second-order valence-corrected chi connectivity index (χ2v) is 7.07. The van der Waals surface area contributed by atoms with Crippen molar-refractivity contribution in [2.24, 2.45) is 28.6 Å². The third-order valence-electron chi connectivity index (χ3n) is 6.47. The van der Waals surface area contributed by atoms with Gasteiger partial charge in [0.15, 0.2) is 0 Å². The molecule has 3 saturated carbocycles. The van der Waals surface area contributed by atoms with Crippen molar-refractivity contribution in [2.75, 3.05) is 0 Å². The van der Waals surface area contributed by atoms with Gasteiger partial charge in [-0.15, -0.1) is 0 Å². The van der Waals surface area contributed by atoms with Crippen molar-refractivity contribution in [3.05, 3.63) is 0 Å². The van der Waals surface area contributed by atoms with Crippen molar-refractivity contribution in [3.63, 3.8) is 0 Å². The summed E-state index contributed by atoms with van der Waals surface area (Å²) in [5.74, 6) is 2.89. The molecule has 0 saturated heterocycles. The lowest BCUT2D eigenvalue weighted by Crippen LogP contribution is -2.55. The monoisotopic (exact) mass is 222 g/mol. The highest BCUT2D eigenvalue weighted by Gasteiger charge is 2.57. The average Bonchev–Trinajstić information content (AvgIpc) is 2.27. The van der Waals surface area contributed by atoms with Gasteiger partial charge in [-0.1, -0.05) is 47.5 Å². The molecule has 3 rings (SSSR count). The summed E-state index contributed by atoms with van der Waals surface area (Å²) in [6.45, 7) is 12.4. The highest BCUT2D eigenvalue weighted by atomic mass is 14.6. The summed E-state index contributed by atoms with van der Waals surface area (Å²) in [7, 11) is 0. The van der Waals surface area contributed by atoms with E-state index >= 15 is 0 Å². The lowest BCUT2D eigenvalue weighted by Gasteiger charge is -2.63. The summed E-state index contributed by atoms with van der Waals surface area (Å²) in [5, 5.41) is 0. The van der Waals surface area contributed by atoms with E-state index < -0.39 is 0 Å². The quantitative estimate of drug-likeness (QED) is 0.610. The van der Waals surface area contributed by atoms with Gasteiger partial charge < -0.3 is 0 Å². The van der Waals surface area contributed by atoms with Gasteiger partial charge >= 0.3 is 0 Å². The van der Waals surface area contributed by atoms with Gasteiger partial charge in [0.05, 0.1) is 0 Å². The molecule has 0 amide bonds. The highest BCUT2D eigenvalue weighted by Crippen LogP contribution is 2.66. The SMILES string of the molecule is CCC1C(CC)C2(C(C)C)CCC1(C)CC2. The summed E-state index contributed by atoms with van der Waals surface area (Å²) in [5.41, 5.74) is 1.39. The van der Waals surface area contributed by atoms with Gasteiger partial charge in [0, 0.05) is 0 Å². The number of hydrogen-bond acceptors (Lipinski definition) is 0. The first-order chi connectivity index (χ1) is 7.50. The van der Waals surface area contributed by atoms with Crippen LogP contribution in [0.4, 0.5) is 0 Å². The van der Waals surface area contributed by atoms with Gasteiger partial charge in [-0.2, -0.15) is 0 Å². The Hall–Kier alpha value is 0. The summed E-state index contributed by atoms with van der Waals surface area (Å²) >= 11 is 0. The van der Waals surface area contributed by atoms with Crippen LogP contribution in [0.5, 0.6) is 0 Å². The van der Waals surface area contributed by atoms with E-state index in [9.17, 15) is 0 Å². The summed E-state index contributed by atoms with van der Waals surface area (Å²) in [6, 6.07) is 0. The van der Waals surface area contributed by atoms with E-state index in [1.807, 2.05) is 0 Å². The Morgan fingerprint density at radius 3 is 1.81 bits per heavy atom. The molecular weight excluding hydrogens is 192 g/mol. The Labute approximate surface area is 102 Å². The van der Waals surface area contributed by atoms with Gasteiger partial charge in [0.1, 0.15) is 0 Å². The van der Waals surface area contributed by atoms with Crippen molar-refractivity contribution in [1.29, 1.82) is 0 Å². The summed E-state index contributed by atoms with van der Waals surface area (Å²) in [6.07, 6.45) is 8.84. The molecule has 3 fully saturated rings. The van der Waals surface area contributed by atoms with Crippen LogP contribution in [-0.4, -0.2) is 0 Å². The van der Waals surface area contributed by atoms with Gasteiger partial charge in [-0.25, -0.2) is 0 Å². The van der Waals surface area contributed by atoms with Crippen LogP contribution in [0.3, 0.4) is 0 Å². The topological polar surface area (TPSA) is 0 Å². The fourth-order valence-electron chi connectivity index (χ4n) is 5.39. The molecule has 0 aromatic carbocycles. The molecule has 94 valence electrons. The normalized spacial score (nSPS) is 47.6. The minimum absolute atomic E-state index is 0.687. The molecule has 0 aromatic heterocycles.